The number of nitrogens with zero attached hydrogens (tertiary/aromatic N) is 1. The third-order valence-electron chi connectivity index (χ3n) is 6.58. The molecular weight excluding hydrogens is 270 g/mol. The fraction of sp³-hybridized carbons (Fsp3) is 1.00. The lowest BCUT2D eigenvalue weighted by molar-refractivity contribution is 0.215. The lowest BCUT2D eigenvalue weighted by atomic mass is 9.92. The number of hydrogen-bond acceptors (Lipinski definition) is 3. The Morgan fingerprint density at radius 3 is 2.68 bits per heavy atom. The first-order chi connectivity index (χ1) is 10.4. The molecule has 0 aromatic rings. The van der Waals surface area contributed by atoms with Gasteiger partial charge in [-0.25, -0.2) is 0 Å². The van der Waals surface area contributed by atoms with E-state index < -0.39 is 0 Å². The van der Waals surface area contributed by atoms with Gasteiger partial charge in [-0.3, -0.25) is 10.2 Å². The van der Waals surface area contributed by atoms with Crippen LogP contribution >= 0.6 is 0 Å². The van der Waals surface area contributed by atoms with Gasteiger partial charge in [-0.1, -0.05) is 47.0 Å². The van der Waals surface area contributed by atoms with E-state index in [4.69, 9.17) is 0 Å². The van der Waals surface area contributed by atoms with Crippen molar-refractivity contribution in [2.75, 3.05) is 13.1 Å². The molecule has 2 heterocycles. The summed E-state index contributed by atoms with van der Waals surface area (Å²) in [5.74, 6) is 1.56. The molecule has 1 aliphatic carbocycles. The molecule has 3 fully saturated rings. The molecule has 0 aromatic heterocycles. The van der Waals surface area contributed by atoms with Crippen LogP contribution in [0.5, 0.6) is 0 Å². The molecule has 0 spiro atoms. The summed E-state index contributed by atoms with van der Waals surface area (Å²) in [4.78, 5) is 2.77. The molecular formula is C19H37N3. The summed E-state index contributed by atoms with van der Waals surface area (Å²) >= 11 is 0. The van der Waals surface area contributed by atoms with Crippen molar-refractivity contribution in [3.8, 4) is 0 Å². The van der Waals surface area contributed by atoms with Crippen molar-refractivity contribution in [3.63, 3.8) is 0 Å². The largest absolute Gasteiger partial charge is 0.310 e. The fourth-order valence-electron chi connectivity index (χ4n) is 4.91. The van der Waals surface area contributed by atoms with Crippen LogP contribution in [0.4, 0.5) is 0 Å². The van der Waals surface area contributed by atoms with E-state index in [2.05, 4.69) is 50.2 Å². The summed E-state index contributed by atoms with van der Waals surface area (Å²) in [7, 11) is 0. The smallest absolute Gasteiger partial charge is 0.0888 e. The van der Waals surface area contributed by atoms with Crippen molar-refractivity contribution >= 4 is 0 Å². The van der Waals surface area contributed by atoms with Crippen LogP contribution in [0.15, 0.2) is 0 Å². The van der Waals surface area contributed by atoms with E-state index >= 15 is 0 Å². The van der Waals surface area contributed by atoms with E-state index in [0.29, 0.717) is 23.2 Å². The second-order valence-electron chi connectivity index (χ2n) is 8.73. The molecule has 2 saturated heterocycles. The number of hydrogen-bond donors (Lipinski definition) is 2. The monoisotopic (exact) mass is 307 g/mol. The molecule has 128 valence electrons. The van der Waals surface area contributed by atoms with Gasteiger partial charge in [0.1, 0.15) is 0 Å². The topological polar surface area (TPSA) is 27.1 Å². The Labute approximate surface area is 137 Å². The van der Waals surface area contributed by atoms with Gasteiger partial charge in [0.2, 0.25) is 0 Å². The highest BCUT2D eigenvalue weighted by Gasteiger charge is 2.69. The SMILES string of the molecule is CCCC(C)CC(CCC)NC12CN1C1CC1(C)NCC2C. The minimum Gasteiger partial charge on any atom is -0.310 e. The summed E-state index contributed by atoms with van der Waals surface area (Å²) in [6.45, 7) is 14.4. The molecule has 0 radical (unpaired) electrons. The van der Waals surface area contributed by atoms with E-state index in [1.807, 2.05) is 0 Å². The highest BCUT2D eigenvalue weighted by Crippen LogP contribution is 2.54. The lowest BCUT2D eigenvalue weighted by Gasteiger charge is -2.32. The molecule has 0 amide bonds. The quantitative estimate of drug-likeness (QED) is 0.673. The van der Waals surface area contributed by atoms with Crippen LogP contribution in [-0.2, 0) is 0 Å². The molecule has 3 heteroatoms. The number of rotatable bonds is 8. The van der Waals surface area contributed by atoms with Gasteiger partial charge in [-0.2, -0.15) is 0 Å². The maximum absolute atomic E-state index is 4.15. The molecule has 3 aliphatic rings. The van der Waals surface area contributed by atoms with Crippen LogP contribution in [-0.4, -0.2) is 41.3 Å². The predicted molar refractivity (Wildman–Crippen MR) is 93.9 cm³/mol. The molecule has 7 atom stereocenters. The minimum atomic E-state index is 0.303. The van der Waals surface area contributed by atoms with Gasteiger partial charge in [-0.05, 0) is 32.1 Å². The van der Waals surface area contributed by atoms with Crippen LogP contribution in [0.3, 0.4) is 0 Å². The second-order valence-corrected chi connectivity index (χ2v) is 8.73. The van der Waals surface area contributed by atoms with Crippen LogP contribution < -0.4 is 10.6 Å². The first-order valence-corrected chi connectivity index (χ1v) is 9.74. The molecule has 3 rings (SSSR count). The Kier molecular flexibility index (Phi) is 4.61. The van der Waals surface area contributed by atoms with E-state index in [0.717, 1.165) is 12.0 Å². The Balaban J connectivity index is 1.64. The van der Waals surface area contributed by atoms with Crippen LogP contribution in [0.2, 0.25) is 0 Å². The highest BCUT2D eigenvalue weighted by molar-refractivity contribution is 5.26. The zero-order valence-corrected chi connectivity index (χ0v) is 15.4. The summed E-state index contributed by atoms with van der Waals surface area (Å²) in [5.41, 5.74) is 0.710. The fourth-order valence-corrected chi connectivity index (χ4v) is 4.91. The Hall–Kier alpha value is -0.120. The standard InChI is InChI=1S/C19H37N3/c1-6-8-14(3)10-16(9-7-2)21-19-13-22(19)17-11-18(17,5)20-12-15(19)4/h14-17,20-21H,6-13H2,1-5H3. The Morgan fingerprint density at radius 1 is 1.27 bits per heavy atom. The van der Waals surface area contributed by atoms with Gasteiger partial charge >= 0.3 is 0 Å². The van der Waals surface area contributed by atoms with Crippen LogP contribution in [0.1, 0.15) is 73.1 Å². The average Bonchev–Trinajstić information content (AvgIpc) is 3.32. The predicted octanol–water partition coefficient (Wildman–Crippen LogP) is 3.35. The Bertz CT molecular complexity index is 398. The summed E-state index contributed by atoms with van der Waals surface area (Å²) in [6, 6.07) is 1.47. The van der Waals surface area contributed by atoms with Gasteiger partial charge in [-0.15, -0.1) is 0 Å². The molecule has 1 saturated carbocycles. The third-order valence-corrected chi connectivity index (χ3v) is 6.58. The summed E-state index contributed by atoms with van der Waals surface area (Å²) in [5, 5.41) is 7.96. The van der Waals surface area contributed by atoms with Gasteiger partial charge in [0.15, 0.2) is 0 Å². The average molecular weight is 308 g/mol. The zero-order valence-electron chi connectivity index (χ0n) is 15.4. The van der Waals surface area contributed by atoms with E-state index in [1.165, 1.54) is 51.6 Å². The molecule has 22 heavy (non-hydrogen) atoms. The van der Waals surface area contributed by atoms with E-state index in [-0.39, 0.29) is 0 Å². The van der Waals surface area contributed by atoms with Crippen molar-refractivity contribution in [2.24, 2.45) is 11.8 Å². The van der Waals surface area contributed by atoms with Crippen molar-refractivity contribution in [1.82, 2.24) is 15.5 Å². The normalized spacial score (nSPS) is 45.4. The first-order valence-electron chi connectivity index (χ1n) is 9.74. The van der Waals surface area contributed by atoms with Crippen LogP contribution in [0.25, 0.3) is 0 Å². The molecule has 3 nitrogen and oxygen atoms in total. The summed E-state index contributed by atoms with van der Waals surface area (Å²) < 4.78 is 0. The third kappa shape index (κ3) is 2.97. The van der Waals surface area contributed by atoms with Gasteiger partial charge < -0.3 is 5.32 Å². The zero-order chi connectivity index (χ0) is 16.0. The molecule has 0 bridgehead atoms. The number of fused-ring (bicyclic) bond motifs is 3. The molecule has 2 aliphatic heterocycles. The molecule has 7 unspecified atom stereocenters. The first kappa shape index (κ1) is 16.7. The maximum atomic E-state index is 4.15. The van der Waals surface area contributed by atoms with Crippen molar-refractivity contribution < 1.29 is 0 Å². The van der Waals surface area contributed by atoms with Gasteiger partial charge in [0, 0.05) is 36.6 Å². The van der Waals surface area contributed by atoms with Crippen molar-refractivity contribution in [3.05, 3.63) is 0 Å². The van der Waals surface area contributed by atoms with E-state index in [1.54, 1.807) is 0 Å². The maximum Gasteiger partial charge on any atom is 0.0888 e. The Morgan fingerprint density at radius 2 is 2.00 bits per heavy atom. The van der Waals surface area contributed by atoms with Crippen LogP contribution in [0, 0.1) is 11.8 Å². The van der Waals surface area contributed by atoms with Crippen molar-refractivity contribution in [2.45, 2.75) is 96.4 Å². The van der Waals surface area contributed by atoms with Gasteiger partial charge in [0.05, 0.1) is 5.66 Å². The number of nitrogens with one attached hydrogen (secondary N) is 2. The highest BCUT2D eigenvalue weighted by atomic mass is 15.5. The molecule has 2 N–H and O–H groups in total. The summed E-state index contributed by atoms with van der Waals surface area (Å²) in [6.07, 6.45) is 7.99. The second kappa shape index (κ2) is 6.07. The van der Waals surface area contributed by atoms with E-state index in [9.17, 15) is 0 Å². The van der Waals surface area contributed by atoms with Crippen molar-refractivity contribution in [1.29, 1.82) is 0 Å². The lowest BCUT2D eigenvalue weighted by Crippen LogP contribution is -2.50. The molecule has 0 aromatic carbocycles. The van der Waals surface area contributed by atoms with Gasteiger partial charge in [0.25, 0.3) is 0 Å². The minimum absolute atomic E-state index is 0.303.